The van der Waals surface area contributed by atoms with Gasteiger partial charge in [-0.2, -0.15) is 0 Å². The molecule has 1 atom stereocenters. The van der Waals surface area contributed by atoms with Crippen LogP contribution in [0.15, 0.2) is 114 Å². The molecule has 4 aromatic carbocycles. The van der Waals surface area contributed by atoms with E-state index in [-0.39, 0.29) is 11.5 Å². The lowest BCUT2D eigenvalue weighted by atomic mass is 9.59. The van der Waals surface area contributed by atoms with Crippen molar-refractivity contribution in [3.05, 3.63) is 131 Å². The Morgan fingerprint density at radius 3 is 1.97 bits per heavy atom. The molecule has 0 spiro atoms. The fraction of sp³-hybridized carbons (Fsp3) is 0.138. The Hall–Kier alpha value is -3.85. The minimum atomic E-state index is -0.357. The first-order valence-corrected chi connectivity index (χ1v) is 11.0. The Morgan fingerprint density at radius 2 is 1.34 bits per heavy atom. The van der Waals surface area contributed by atoms with Gasteiger partial charge in [-0.25, -0.2) is 4.99 Å². The molecule has 4 aromatic rings. The standard InChI is InChI=1S/C29H24N2O/c1-32-25-18-16-21(17-19-25)27-29(23-11-4-2-5-12-23,24-13-6-3-7-14-24)28-30-26-15-9-8-10-22(26)20-31(27)28/h2-19,27H,20H2,1H3. The molecule has 0 amide bonds. The molecule has 6 rings (SSSR count). The second-order valence-corrected chi connectivity index (χ2v) is 8.41. The number of ether oxygens (including phenoxy) is 1. The number of amidine groups is 1. The topological polar surface area (TPSA) is 24.8 Å². The summed E-state index contributed by atoms with van der Waals surface area (Å²) in [6.45, 7) is 0.854. The summed E-state index contributed by atoms with van der Waals surface area (Å²) in [7, 11) is 1.71. The highest BCUT2D eigenvalue weighted by Crippen LogP contribution is 2.59. The van der Waals surface area contributed by atoms with Gasteiger partial charge in [0.05, 0.1) is 18.8 Å². The second-order valence-electron chi connectivity index (χ2n) is 8.41. The Kier molecular flexibility index (Phi) is 4.36. The second kappa shape index (κ2) is 7.38. The van der Waals surface area contributed by atoms with Gasteiger partial charge in [0.25, 0.3) is 0 Å². The molecule has 1 unspecified atom stereocenters. The maximum absolute atomic E-state index is 5.44. The number of fused-ring (bicyclic) bond motifs is 2. The molecule has 0 radical (unpaired) electrons. The normalized spacial score (nSPS) is 18.1. The van der Waals surface area contributed by atoms with E-state index in [9.17, 15) is 0 Å². The molecule has 2 aliphatic rings. The molecule has 32 heavy (non-hydrogen) atoms. The summed E-state index contributed by atoms with van der Waals surface area (Å²) in [6.07, 6.45) is 0. The molecule has 1 saturated heterocycles. The number of para-hydroxylation sites is 1. The SMILES string of the molecule is COc1ccc(C2N3Cc4ccccc4N=C3C2(c2ccccc2)c2ccccc2)cc1. The molecule has 0 aliphatic carbocycles. The van der Waals surface area contributed by atoms with E-state index in [1.807, 2.05) is 0 Å². The minimum Gasteiger partial charge on any atom is -0.497 e. The van der Waals surface area contributed by atoms with Gasteiger partial charge in [-0.05, 0) is 40.5 Å². The average molecular weight is 417 g/mol. The Morgan fingerprint density at radius 1 is 0.750 bits per heavy atom. The summed E-state index contributed by atoms with van der Waals surface area (Å²) in [5, 5.41) is 0. The third kappa shape index (κ3) is 2.64. The van der Waals surface area contributed by atoms with Crippen LogP contribution in [0.1, 0.15) is 28.3 Å². The van der Waals surface area contributed by atoms with Gasteiger partial charge >= 0.3 is 0 Å². The van der Waals surface area contributed by atoms with Crippen LogP contribution < -0.4 is 4.74 Å². The molecule has 0 N–H and O–H groups in total. The summed E-state index contributed by atoms with van der Waals surface area (Å²) in [5.74, 6) is 1.99. The van der Waals surface area contributed by atoms with E-state index in [1.165, 1.54) is 22.3 Å². The van der Waals surface area contributed by atoms with Crippen LogP contribution >= 0.6 is 0 Å². The number of hydrogen-bond acceptors (Lipinski definition) is 3. The van der Waals surface area contributed by atoms with Crippen molar-refractivity contribution in [1.29, 1.82) is 0 Å². The molecule has 2 aliphatic heterocycles. The number of nitrogens with zero attached hydrogens (tertiary/aromatic N) is 2. The van der Waals surface area contributed by atoms with E-state index in [2.05, 4.69) is 114 Å². The molecule has 1 fully saturated rings. The largest absolute Gasteiger partial charge is 0.497 e. The molecule has 3 heteroatoms. The van der Waals surface area contributed by atoms with Crippen molar-refractivity contribution in [2.75, 3.05) is 7.11 Å². The average Bonchev–Trinajstić information content (AvgIpc) is 2.86. The number of aliphatic imine (C=N–C) groups is 1. The predicted octanol–water partition coefficient (Wildman–Crippen LogP) is 6.28. The third-order valence-electron chi connectivity index (χ3n) is 6.80. The summed E-state index contributed by atoms with van der Waals surface area (Å²) in [6, 6.07) is 38.8. The van der Waals surface area contributed by atoms with Crippen molar-refractivity contribution >= 4 is 11.5 Å². The van der Waals surface area contributed by atoms with Gasteiger partial charge in [-0.3, -0.25) is 0 Å². The molecule has 3 nitrogen and oxygen atoms in total. The summed E-state index contributed by atoms with van der Waals surface area (Å²) < 4.78 is 5.44. The lowest BCUT2D eigenvalue weighted by molar-refractivity contribution is 0.158. The van der Waals surface area contributed by atoms with Crippen LogP contribution in [0, 0.1) is 0 Å². The highest BCUT2D eigenvalue weighted by Gasteiger charge is 2.61. The van der Waals surface area contributed by atoms with E-state index >= 15 is 0 Å². The Labute approximate surface area is 188 Å². The number of benzene rings is 4. The lowest BCUT2D eigenvalue weighted by Crippen LogP contribution is -2.66. The third-order valence-corrected chi connectivity index (χ3v) is 6.80. The first kappa shape index (κ1) is 18.9. The van der Waals surface area contributed by atoms with E-state index in [4.69, 9.17) is 9.73 Å². The van der Waals surface area contributed by atoms with Crippen molar-refractivity contribution in [3.8, 4) is 5.75 Å². The van der Waals surface area contributed by atoms with Crippen LogP contribution in [-0.4, -0.2) is 17.8 Å². The first-order valence-electron chi connectivity index (χ1n) is 11.0. The summed E-state index contributed by atoms with van der Waals surface area (Å²) in [5.41, 5.74) is 5.78. The summed E-state index contributed by atoms with van der Waals surface area (Å²) >= 11 is 0. The fourth-order valence-electron chi connectivity index (χ4n) is 5.37. The van der Waals surface area contributed by atoms with Gasteiger partial charge in [-0.15, -0.1) is 0 Å². The molecular formula is C29H24N2O. The lowest BCUT2D eigenvalue weighted by Gasteiger charge is -2.61. The number of hydrogen-bond donors (Lipinski definition) is 0. The number of rotatable bonds is 4. The monoisotopic (exact) mass is 416 g/mol. The molecule has 156 valence electrons. The molecule has 0 bridgehead atoms. The summed E-state index contributed by atoms with van der Waals surface area (Å²) in [4.78, 5) is 7.71. The van der Waals surface area contributed by atoms with Crippen LogP contribution in [0.2, 0.25) is 0 Å². The van der Waals surface area contributed by atoms with Gasteiger partial charge in [0, 0.05) is 6.54 Å². The highest BCUT2D eigenvalue weighted by molar-refractivity contribution is 6.06. The van der Waals surface area contributed by atoms with Crippen LogP contribution in [0.4, 0.5) is 5.69 Å². The zero-order valence-corrected chi connectivity index (χ0v) is 18.0. The van der Waals surface area contributed by atoms with Gasteiger partial charge in [-0.1, -0.05) is 91.0 Å². The van der Waals surface area contributed by atoms with Gasteiger partial charge in [0.15, 0.2) is 0 Å². The van der Waals surface area contributed by atoms with E-state index in [0.29, 0.717) is 0 Å². The zero-order chi connectivity index (χ0) is 21.5. The molecule has 0 aromatic heterocycles. The molecule has 2 heterocycles. The van der Waals surface area contributed by atoms with E-state index in [0.717, 1.165) is 23.8 Å². The smallest absolute Gasteiger partial charge is 0.123 e. The van der Waals surface area contributed by atoms with Crippen LogP contribution in [0.3, 0.4) is 0 Å². The van der Waals surface area contributed by atoms with Crippen molar-refractivity contribution in [3.63, 3.8) is 0 Å². The quantitative estimate of drug-likeness (QED) is 0.391. The Balaban J connectivity index is 1.63. The van der Waals surface area contributed by atoms with Gasteiger partial charge < -0.3 is 9.64 Å². The van der Waals surface area contributed by atoms with Crippen molar-refractivity contribution in [1.82, 2.24) is 4.90 Å². The fourth-order valence-corrected chi connectivity index (χ4v) is 5.37. The van der Waals surface area contributed by atoms with Crippen LogP contribution in [-0.2, 0) is 12.0 Å². The van der Waals surface area contributed by atoms with Crippen molar-refractivity contribution < 1.29 is 4.74 Å². The minimum absolute atomic E-state index is 0.130. The maximum atomic E-state index is 5.44. The predicted molar refractivity (Wildman–Crippen MR) is 128 cm³/mol. The van der Waals surface area contributed by atoms with Gasteiger partial charge in [0.2, 0.25) is 0 Å². The highest BCUT2D eigenvalue weighted by atomic mass is 16.5. The maximum Gasteiger partial charge on any atom is 0.123 e. The van der Waals surface area contributed by atoms with E-state index in [1.54, 1.807) is 7.11 Å². The van der Waals surface area contributed by atoms with Crippen molar-refractivity contribution in [2.45, 2.75) is 18.0 Å². The van der Waals surface area contributed by atoms with E-state index < -0.39 is 0 Å². The zero-order valence-electron chi connectivity index (χ0n) is 18.0. The molecule has 0 saturated carbocycles. The number of methoxy groups -OCH3 is 1. The molecular weight excluding hydrogens is 392 g/mol. The van der Waals surface area contributed by atoms with Crippen molar-refractivity contribution in [2.24, 2.45) is 4.99 Å². The van der Waals surface area contributed by atoms with Gasteiger partial charge in [0.1, 0.15) is 17.0 Å². The first-order chi connectivity index (χ1) is 15.8. The Bertz CT molecular complexity index is 1240. The van der Waals surface area contributed by atoms with Crippen LogP contribution in [0.25, 0.3) is 0 Å². The van der Waals surface area contributed by atoms with Crippen LogP contribution in [0.5, 0.6) is 5.75 Å².